The molecule has 0 saturated carbocycles. The summed E-state index contributed by atoms with van der Waals surface area (Å²) in [5.74, 6) is 0.0361. The molecule has 0 spiro atoms. The minimum Gasteiger partial charge on any atom is -0.365 e. The number of fused-ring (bicyclic) bond motifs is 1. The highest BCUT2D eigenvalue weighted by Gasteiger charge is 2.30. The fourth-order valence-electron chi connectivity index (χ4n) is 5.77. The molecule has 2 aliphatic rings. The number of anilines is 2. The smallest absolute Gasteiger partial charge is 0.265 e. The lowest BCUT2D eigenvalue weighted by Crippen LogP contribution is -2.53. The minimum absolute atomic E-state index is 0.0115. The van der Waals surface area contributed by atoms with E-state index in [1.165, 1.54) is 23.0 Å². The Hall–Kier alpha value is -4.29. The van der Waals surface area contributed by atoms with Gasteiger partial charge in [-0.1, -0.05) is 72.4 Å². The highest BCUT2D eigenvalue weighted by atomic mass is 32.2. The molecule has 0 aliphatic carbocycles. The van der Waals surface area contributed by atoms with Crippen LogP contribution >= 0.6 is 11.8 Å². The highest BCUT2D eigenvalue weighted by Crippen LogP contribution is 2.42. The zero-order valence-electron chi connectivity index (χ0n) is 24.3. The molecule has 0 bridgehead atoms. The maximum Gasteiger partial charge on any atom is 0.265 e. The Morgan fingerprint density at radius 2 is 1.67 bits per heavy atom. The van der Waals surface area contributed by atoms with Crippen LogP contribution in [0.5, 0.6) is 0 Å². The van der Waals surface area contributed by atoms with Crippen molar-refractivity contribution in [2.75, 3.05) is 29.4 Å². The monoisotopic (exact) mass is 573 g/mol. The fourth-order valence-corrected chi connectivity index (χ4v) is 6.82. The van der Waals surface area contributed by atoms with Crippen LogP contribution in [0.2, 0.25) is 0 Å². The molecular weight excluding hydrogens is 538 g/mol. The van der Waals surface area contributed by atoms with Crippen LogP contribution < -0.4 is 9.80 Å². The Kier molecular flexibility index (Phi) is 7.90. The maximum absolute atomic E-state index is 13.7. The van der Waals surface area contributed by atoms with Gasteiger partial charge in [-0.2, -0.15) is 0 Å². The molecule has 42 heavy (non-hydrogen) atoms. The van der Waals surface area contributed by atoms with Crippen LogP contribution in [-0.4, -0.2) is 42.4 Å². The van der Waals surface area contributed by atoms with Crippen molar-refractivity contribution < 1.29 is 9.59 Å². The largest absolute Gasteiger partial charge is 0.365 e. The number of para-hydroxylation sites is 1. The van der Waals surface area contributed by atoms with E-state index in [1.807, 2.05) is 70.5 Å². The zero-order chi connectivity index (χ0) is 29.2. The third kappa shape index (κ3) is 5.72. The first-order chi connectivity index (χ1) is 20.4. The summed E-state index contributed by atoms with van der Waals surface area (Å²) >= 11 is 1.50. The predicted octanol–water partition coefficient (Wildman–Crippen LogP) is 7.33. The van der Waals surface area contributed by atoms with Crippen LogP contribution in [0.1, 0.15) is 39.5 Å². The van der Waals surface area contributed by atoms with Gasteiger partial charge in [0.2, 0.25) is 0 Å². The van der Waals surface area contributed by atoms with Gasteiger partial charge in [0.15, 0.2) is 0 Å². The normalized spacial score (nSPS) is 17.9. The molecule has 6 heteroatoms. The fraction of sp³-hybridized carbons (Fsp3) is 0.222. The van der Waals surface area contributed by atoms with Crippen molar-refractivity contribution in [1.82, 2.24) is 4.90 Å². The highest BCUT2D eigenvalue weighted by molar-refractivity contribution is 8.04. The molecule has 0 radical (unpaired) electrons. The molecule has 2 amide bonds. The first-order valence-electron chi connectivity index (χ1n) is 14.4. The van der Waals surface area contributed by atoms with Gasteiger partial charge < -0.3 is 14.7 Å². The van der Waals surface area contributed by atoms with Crippen molar-refractivity contribution in [3.05, 3.63) is 130 Å². The number of carbonyl (C=O) groups excluding carboxylic acids is 2. The van der Waals surface area contributed by atoms with Crippen molar-refractivity contribution in [3.63, 3.8) is 0 Å². The topological polar surface area (TPSA) is 43.9 Å². The third-order valence-corrected chi connectivity index (χ3v) is 9.20. The lowest BCUT2D eigenvalue weighted by Gasteiger charge is -2.41. The number of rotatable bonds is 5. The van der Waals surface area contributed by atoms with Gasteiger partial charge in [-0.05, 0) is 85.5 Å². The Morgan fingerprint density at radius 1 is 0.905 bits per heavy atom. The van der Waals surface area contributed by atoms with Gasteiger partial charge in [-0.25, -0.2) is 0 Å². The van der Waals surface area contributed by atoms with E-state index in [0.717, 1.165) is 33.8 Å². The van der Waals surface area contributed by atoms with Gasteiger partial charge in [-0.15, -0.1) is 0 Å². The second-order valence-corrected chi connectivity index (χ2v) is 12.2. The molecule has 0 N–H and O–H groups in total. The molecule has 4 aromatic rings. The summed E-state index contributed by atoms with van der Waals surface area (Å²) in [5, 5.41) is 0. The molecule has 2 heterocycles. The summed E-state index contributed by atoms with van der Waals surface area (Å²) in [6, 6.07) is 32.7. The number of benzene rings is 4. The SMILES string of the molecule is Cc1cccc(N2CCN(C(=O)c3ccc(C=C4Sc5ccccc5N(Cc5ccccc5C)C4=O)cc3)CC2C)c1. The number of hydrogen-bond donors (Lipinski definition) is 0. The van der Waals surface area contributed by atoms with Crippen LogP contribution in [0.15, 0.2) is 107 Å². The Balaban J connectivity index is 1.17. The zero-order valence-corrected chi connectivity index (χ0v) is 25.1. The van der Waals surface area contributed by atoms with E-state index in [4.69, 9.17) is 0 Å². The lowest BCUT2D eigenvalue weighted by atomic mass is 10.1. The average Bonchev–Trinajstić information content (AvgIpc) is 3.00. The van der Waals surface area contributed by atoms with E-state index in [2.05, 4.69) is 68.1 Å². The number of carbonyl (C=O) groups is 2. The van der Waals surface area contributed by atoms with Crippen LogP contribution in [0, 0.1) is 13.8 Å². The number of nitrogens with zero attached hydrogens (tertiary/aromatic N) is 3. The van der Waals surface area contributed by atoms with E-state index in [-0.39, 0.29) is 17.9 Å². The van der Waals surface area contributed by atoms with Gasteiger partial charge in [0.25, 0.3) is 11.8 Å². The van der Waals surface area contributed by atoms with Crippen molar-refractivity contribution in [2.45, 2.75) is 38.3 Å². The molecule has 1 fully saturated rings. The standard InChI is InChI=1S/C36H35N3O2S/c1-25-9-8-12-31(21-25)38-20-19-37(23-27(38)3)35(40)29-17-15-28(16-18-29)22-34-36(41)39(24-30-11-5-4-10-26(30)2)32-13-6-7-14-33(32)42-34/h4-18,21-22,27H,19-20,23-24H2,1-3H3. The first kappa shape index (κ1) is 27.9. The van der Waals surface area contributed by atoms with Gasteiger partial charge in [0.05, 0.1) is 17.1 Å². The van der Waals surface area contributed by atoms with E-state index < -0.39 is 0 Å². The van der Waals surface area contributed by atoms with Crippen LogP contribution in [0.4, 0.5) is 11.4 Å². The molecule has 1 saturated heterocycles. The minimum atomic E-state index is -0.0115. The summed E-state index contributed by atoms with van der Waals surface area (Å²) in [6.45, 7) is 9.05. The maximum atomic E-state index is 13.7. The van der Waals surface area contributed by atoms with Gasteiger partial charge in [-0.3, -0.25) is 9.59 Å². The molecule has 6 rings (SSSR count). The van der Waals surface area contributed by atoms with Gasteiger partial charge in [0.1, 0.15) is 0 Å². The van der Waals surface area contributed by atoms with Gasteiger partial charge >= 0.3 is 0 Å². The van der Waals surface area contributed by atoms with Crippen molar-refractivity contribution >= 4 is 41.0 Å². The summed E-state index contributed by atoms with van der Waals surface area (Å²) in [4.78, 5) is 35.1. The first-order valence-corrected chi connectivity index (χ1v) is 15.3. The number of thioether (sulfide) groups is 1. The molecule has 0 aromatic heterocycles. The number of amides is 2. The van der Waals surface area contributed by atoms with E-state index in [9.17, 15) is 9.59 Å². The summed E-state index contributed by atoms with van der Waals surface area (Å²) in [5.41, 5.74) is 7.25. The second-order valence-electron chi connectivity index (χ2n) is 11.2. The Morgan fingerprint density at radius 3 is 2.43 bits per heavy atom. The Bertz CT molecular complexity index is 1660. The predicted molar refractivity (Wildman–Crippen MR) is 173 cm³/mol. The van der Waals surface area contributed by atoms with E-state index >= 15 is 0 Å². The molecule has 1 atom stereocenters. The quantitative estimate of drug-likeness (QED) is 0.235. The number of hydrogen-bond acceptors (Lipinski definition) is 4. The number of piperazine rings is 1. The average molecular weight is 574 g/mol. The molecule has 212 valence electrons. The van der Waals surface area contributed by atoms with Crippen LogP contribution in [-0.2, 0) is 11.3 Å². The van der Waals surface area contributed by atoms with Crippen molar-refractivity contribution in [1.29, 1.82) is 0 Å². The van der Waals surface area contributed by atoms with Crippen LogP contribution in [0.25, 0.3) is 6.08 Å². The summed E-state index contributed by atoms with van der Waals surface area (Å²) in [7, 11) is 0. The summed E-state index contributed by atoms with van der Waals surface area (Å²) < 4.78 is 0. The van der Waals surface area contributed by atoms with Gasteiger partial charge in [0, 0.05) is 41.8 Å². The molecule has 5 nitrogen and oxygen atoms in total. The number of aryl methyl sites for hydroxylation is 2. The molecule has 2 aliphatic heterocycles. The molecule has 4 aromatic carbocycles. The van der Waals surface area contributed by atoms with Crippen LogP contribution in [0.3, 0.4) is 0 Å². The van der Waals surface area contributed by atoms with Crippen molar-refractivity contribution in [2.24, 2.45) is 0 Å². The van der Waals surface area contributed by atoms with E-state index in [0.29, 0.717) is 30.1 Å². The molecular formula is C36H35N3O2S. The molecule has 1 unspecified atom stereocenters. The van der Waals surface area contributed by atoms with Crippen molar-refractivity contribution in [3.8, 4) is 0 Å². The summed E-state index contributed by atoms with van der Waals surface area (Å²) in [6.07, 6.45) is 1.94. The third-order valence-electron chi connectivity index (χ3n) is 8.13. The van der Waals surface area contributed by atoms with E-state index in [1.54, 1.807) is 0 Å². The Labute approximate surface area is 252 Å². The second kappa shape index (κ2) is 11.9. The lowest BCUT2D eigenvalue weighted by molar-refractivity contribution is -0.114.